The first kappa shape index (κ1) is 18.1. The first-order chi connectivity index (χ1) is 14.2. The van der Waals surface area contributed by atoms with Gasteiger partial charge in [0.1, 0.15) is 23.0 Å². The third kappa shape index (κ3) is 3.49. The summed E-state index contributed by atoms with van der Waals surface area (Å²) in [5, 5.41) is 12.6. The van der Waals surface area contributed by atoms with Crippen LogP contribution in [0.15, 0.2) is 73.3 Å². The summed E-state index contributed by atoms with van der Waals surface area (Å²) in [6.45, 7) is 4.16. The van der Waals surface area contributed by atoms with Gasteiger partial charge in [-0.2, -0.15) is 5.26 Å². The number of para-hydroxylation sites is 2. The molecular weight excluding hydrogens is 362 g/mol. The molecule has 0 unspecified atom stereocenters. The third-order valence-electron chi connectivity index (χ3n) is 4.44. The van der Waals surface area contributed by atoms with E-state index < -0.39 is 0 Å². The molecular formula is C23H17N5O. The van der Waals surface area contributed by atoms with Crippen molar-refractivity contribution in [2.75, 3.05) is 5.32 Å². The molecule has 0 aliphatic heterocycles. The zero-order valence-corrected chi connectivity index (χ0v) is 15.5. The maximum Gasteiger partial charge on any atom is 0.249 e. The molecule has 0 atom stereocenters. The molecule has 1 amide bonds. The zero-order chi connectivity index (χ0) is 20.2. The van der Waals surface area contributed by atoms with Crippen molar-refractivity contribution in [1.82, 2.24) is 14.5 Å². The number of nitriles is 1. The second kappa shape index (κ2) is 7.79. The number of benzene rings is 2. The number of hydrogen-bond acceptors (Lipinski definition) is 4. The fourth-order valence-corrected chi connectivity index (χ4v) is 3.14. The molecule has 2 aromatic carbocycles. The maximum absolute atomic E-state index is 12.5. The standard InChI is InChI=1S/C23H17N5O/c1-2-14-28-22(27-20(29)13-12-16-8-4-3-5-9-16)17(15-24)21-23(28)26-19-11-7-6-10-18(19)25-21/h2-13H,1,14H2,(H,27,29). The highest BCUT2D eigenvalue weighted by Gasteiger charge is 2.21. The number of allylic oxidation sites excluding steroid dienone is 1. The van der Waals surface area contributed by atoms with Crippen LogP contribution in [0.4, 0.5) is 5.82 Å². The van der Waals surface area contributed by atoms with Gasteiger partial charge in [0.15, 0.2) is 5.65 Å². The predicted octanol–water partition coefficient (Wildman–Crippen LogP) is 4.29. The van der Waals surface area contributed by atoms with Crippen molar-refractivity contribution in [2.24, 2.45) is 0 Å². The summed E-state index contributed by atoms with van der Waals surface area (Å²) in [4.78, 5) is 21.8. The summed E-state index contributed by atoms with van der Waals surface area (Å²) >= 11 is 0. The molecule has 0 aliphatic rings. The Morgan fingerprint density at radius 3 is 2.48 bits per heavy atom. The van der Waals surface area contributed by atoms with Crippen LogP contribution in [0.3, 0.4) is 0 Å². The minimum absolute atomic E-state index is 0.279. The first-order valence-corrected chi connectivity index (χ1v) is 9.05. The van der Waals surface area contributed by atoms with Crippen LogP contribution in [0.1, 0.15) is 11.1 Å². The highest BCUT2D eigenvalue weighted by molar-refractivity contribution is 6.05. The Morgan fingerprint density at radius 1 is 1.10 bits per heavy atom. The minimum Gasteiger partial charge on any atom is -0.307 e. The molecule has 2 heterocycles. The Bertz CT molecular complexity index is 1300. The number of rotatable bonds is 5. The number of anilines is 1. The lowest BCUT2D eigenvalue weighted by Gasteiger charge is -2.08. The number of aromatic nitrogens is 3. The molecule has 0 radical (unpaired) electrons. The maximum atomic E-state index is 12.5. The van der Waals surface area contributed by atoms with Crippen molar-refractivity contribution in [3.05, 3.63) is 84.5 Å². The number of nitrogens with one attached hydrogen (secondary N) is 1. The molecule has 0 spiro atoms. The molecule has 0 fully saturated rings. The number of carbonyl (C=O) groups excluding carboxylic acids is 1. The van der Waals surface area contributed by atoms with Crippen molar-refractivity contribution in [1.29, 1.82) is 5.26 Å². The van der Waals surface area contributed by atoms with Crippen LogP contribution in [0.25, 0.3) is 28.3 Å². The van der Waals surface area contributed by atoms with Crippen molar-refractivity contribution >= 4 is 40.0 Å². The second-order valence-corrected chi connectivity index (χ2v) is 6.35. The van der Waals surface area contributed by atoms with Crippen LogP contribution < -0.4 is 5.32 Å². The average molecular weight is 379 g/mol. The van der Waals surface area contributed by atoms with Crippen molar-refractivity contribution in [2.45, 2.75) is 6.54 Å². The molecule has 0 saturated heterocycles. The molecule has 4 aromatic rings. The summed E-state index contributed by atoms with van der Waals surface area (Å²) in [7, 11) is 0. The van der Waals surface area contributed by atoms with E-state index in [1.807, 2.05) is 54.6 Å². The van der Waals surface area contributed by atoms with Crippen molar-refractivity contribution in [3.8, 4) is 6.07 Å². The van der Waals surface area contributed by atoms with Gasteiger partial charge < -0.3 is 9.88 Å². The molecule has 2 aromatic heterocycles. The van der Waals surface area contributed by atoms with Crippen LogP contribution in [0, 0.1) is 11.3 Å². The smallest absolute Gasteiger partial charge is 0.249 e. The lowest BCUT2D eigenvalue weighted by atomic mass is 10.2. The highest BCUT2D eigenvalue weighted by atomic mass is 16.1. The molecule has 6 heteroatoms. The molecule has 1 N–H and O–H groups in total. The van der Waals surface area contributed by atoms with Gasteiger partial charge in [-0.25, -0.2) is 9.97 Å². The number of hydrogen-bond donors (Lipinski definition) is 1. The summed E-state index contributed by atoms with van der Waals surface area (Å²) in [6.07, 6.45) is 4.84. The minimum atomic E-state index is -0.344. The quantitative estimate of drug-likeness (QED) is 0.414. The van der Waals surface area contributed by atoms with Crippen LogP contribution in [-0.4, -0.2) is 20.4 Å². The van der Waals surface area contributed by atoms with E-state index in [0.717, 1.165) is 5.56 Å². The Kier molecular flexibility index (Phi) is 4.87. The van der Waals surface area contributed by atoms with Gasteiger partial charge in [0.25, 0.3) is 0 Å². The molecule has 4 rings (SSSR count). The van der Waals surface area contributed by atoms with Gasteiger partial charge in [-0.1, -0.05) is 48.5 Å². The lowest BCUT2D eigenvalue weighted by Crippen LogP contribution is -2.13. The fraction of sp³-hybridized carbons (Fsp3) is 0.0435. The zero-order valence-electron chi connectivity index (χ0n) is 15.5. The molecule has 29 heavy (non-hydrogen) atoms. The van der Waals surface area contributed by atoms with Gasteiger partial charge in [-0.3, -0.25) is 4.79 Å². The van der Waals surface area contributed by atoms with Gasteiger partial charge in [-0.15, -0.1) is 6.58 Å². The number of amides is 1. The van der Waals surface area contributed by atoms with Crippen LogP contribution in [0.2, 0.25) is 0 Å². The van der Waals surface area contributed by atoms with Gasteiger partial charge in [0.05, 0.1) is 11.0 Å². The summed E-state index contributed by atoms with van der Waals surface area (Å²) in [6, 6.07) is 19.1. The topological polar surface area (TPSA) is 83.6 Å². The Morgan fingerprint density at radius 2 is 1.79 bits per heavy atom. The van der Waals surface area contributed by atoms with E-state index in [-0.39, 0.29) is 11.5 Å². The molecule has 140 valence electrons. The number of nitrogens with zero attached hydrogens (tertiary/aromatic N) is 4. The lowest BCUT2D eigenvalue weighted by molar-refractivity contribution is -0.111. The van der Waals surface area contributed by atoms with E-state index >= 15 is 0 Å². The summed E-state index contributed by atoms with van der Waals surface area (Å²) in [5.74, 6) is 0.0171. The normalized spacial score (nSPS) is 11.0. The largest absolute Gasteiger partial charge is 0.307 e. The molecule has 0 saturated carbocycles. The highest BCUT2D eigenvalue weighted by Crippen LogP contribution is 2.29. The van der Waals surface area contributed by atoms with Gasteiger partial charge >= 0.3 is 0 Å². The van der Waals surface area contributed by atoms with E-state index in [4.69, 9.17) is 0 Å². The number of fused-ring (bicyclic) bond motifs is 2. The predicted molar refractivity (Wildman–Crippen MR) is 114 cm³/mol. The fourth-order valence-electron chi connectivity index (χ4n) is 3.14. The Hall–Kier alpha value is -4.24. The van der Waals surface area contributed by atoms with Gasteiger partial charge in [0, 0.05) is 12.6 Å². The van der Waals surface area contributed by atoms with E-state index in [9.17, 15) is 10.1 Å². The van der Waals surface area contributed by atoms with Crippen LogP contribution in [0.5, 0.6) is 0 Å². The van der Waals surface area contributed by atoms with Crippen LogP contribution in [-0.2, 0) is 11.3 Å². The summed E-state index contributed by atoms with van der Waals surface area (Å²) in [5.41, 5.74) is 3.58. The molecule has 6 nitrogen and oxygen atoms in total. The third-order valence-corrected chi connectivity index (χ3v) is 4.44. The summed E-state index contributed by atoms with van der Waals surface area (Å²) < 4.78 is 1.74. The number of carbonyl (C=O) groups is 1. The van der Waals surface area contributed by atoms with E-state index in [0.29, 0.717) is 34.6 Å². The van der Waals surface area contributed by atoms with Gasteiger partial charge in [0.2, 0.25) is 5.91 Å². The van der Waals surface area contributed by atoms with Crippen molar-refractivity contribution < 1.29 is 4.79 Å². The van der Waals surface area contributed by atoms with E-state index in [2.05, 4.69) is 27.9 Å². The Balaban J connectivity index is 1.80. The van der Waals surface area contributed by atoms with E-state index in [1.165, 1.54) is 6.08 Å². The first-order valence-electron chi connectivity index (χ1n) is 9.05. The average Bonchev–Trinajstić information content (AvgIpc) is 3.03. The SMILES string of the molecule is C=CCn1c(NC(=O)C=Cc2ccccc2)c(C#N)c2nc3ccccc3nc21. The second-order valence-electron chi connectivity index (χ2n) is 6.35. The van der Waals surface area contributed by atoms with Crippen molar-refractivity contribution in [3.63, 3.8) is 0 Å². The molecule has 0 aliphatic carbocycles. The van der Waals surface area contributed by atoms with Gasteiger partial charge in [-0.05, 0) is 23.8 Å². The Labute approximate surface area is 167 Å². The van der Waals surface area contributed by atoms with E-state index in [1.54, 1.807) is 16.7 Å². The molecule has 0 bridgehead atoms. The van der Waals surface area contributed by atoms with Crippen LogP contribution >= 0.6 is 0 Å². The monoisotopic (exact) mass is 379 g/mol.